The predicted molar refractivity (Wildman–Crippen MR) is 70.6 cm³/mol. The van der Waals surface area contributed by atoms with E-state index in [4.69, 9.17) is 10.9 Å². The van der Waals surface area contributed by atoms with E-state index in [9.17, 15) is 0 Å². The van der Waals surface area contributed by atoms with Crippen molar-refractivity contribution in [1.29, 1.82) is 0 Å². The van der Waals surface area contributed by atoms with Crippen LogP contribution in [0.4, 0.5) is 0 Å². The van der Waals surface area contributed by atoms with E-state index in [1.54, 1.807) is 0 Å². The maximum Gasteiger partial charge on any atom is 0.156 e. The first-order valence-corrected chi connectivity index (χ1v) is 6.94. The fourth-order valence-corrected chi connectivity index (χ4v) is 3.37. The molecule has 0 saturated heterocycles. The molecule has 0 saturated carbocycles. The molecule has 94 valence electrons. The smallest absolute Gasteiger partial charge is 0.156 e. The highest BCUT2D eigenvalue weighted by Gasteiger charge is 2.24. The highest BCUT2D eigenvalue weighted by molar-refractivity contribution is 7.10. The van der Waals surface area contributed by atoms with Gasteiger partial charge in [-0.25, -0.2) is 0 Å². The molecule has 0 bridgehead atoms. The zero-order valence-corrected chi connectivity index (χ0v) is 10.8. The van der Waals surface area contributed by atoms with E-state index in [1.165, 1.54) is 23.3 Å². The number of nitrogens with one attached hydrogen (secondary N) is 1. The van der Waals surface area contributed by atoms with Gasteiger partial charge in [0.15, 0.2) is 5.84 Å². The minimum Gasteiger partial charge on any atom is -0.409 e. The average Bonchev–Trinajstić information content (AvgIpc) is 2.83. The summed E-state index contributed by atoms with van der Waals surface area (Å²) >= 11 is 1.83. The molecule has 1 aliphatic rings. The molecule has 4 nitrogen and oxygen atoms in total. The number of rotatable bonds is 4. The first kappa shape index (κ1) is 12.4. The van der Waals surface area contributed by atoms with Crippen LogP contribution >= 0.6 is 11.3 Å². The third-order valence-corrected chi connectivity index (χ3v) is 4.33. The van der Waals surface area contributed by atoms with E-state index in [0.29, 0.717) is 6.04 Å². The lowest BCUT2D eigenvalue weighted by Crippen LogP contribution is -2.43. The molecule has 1 heterocycles. The Morgan fingerprint density at radius 3 is 3.29 bits per heavy atom. The maximum atomic E-state index is 8.75. The summed E-state index contributed by atoms with van der Waals surface area (Å²) in [4.78, 5) is 1.48. The van der Waals surface area contributed by atoms with Crippen molar-refractivity contribution in [1.82, 2.24) is 5.32 Å². The third kappa shape index (κ3) is 2.61. The van der Waals surface area contributed by atoms with Crippen molar-refractivity contribution in [2.45, 2.75) is 44.7 Å². The van der Waals surface area contributed by atoms with E-state index >= 15 is 0 Å². The van der Waals surface area contributed by atoms with Crippen LogP contribution in [0, 0.1) is 0 Å². The van der Waals surface area contributed by atoms with Gasteiger partial charge in [-0.2, -0.15) is 0 Å². The molecule has 2 atom stereocenters. The molecule has 0 spiro atoms. The quantitative estimate of drug-likeness (QED) is 0.333. The summed E-state index contributed by atoms with van der Waals surface area (Å²) in [6, 6.07) is 2.49. The summed E-state index contributed by atoms with van der Waals surface area (Å²) in [7, 11) is 0. The van der Waals surface area contributed by atoms with Crippen LogP contribution in [0.5, 0.6) is 0 Å². The number of hydrogen-bond acceptors (Lipinski definition) is 4. The molecule has 0 amide bonds. The van der Waals surface area contributed by atoms with Crippen molar-refractivity contribution in [2.75, 3.05) is 0 Å². The van der Waals surface area contributed by atoms with Gasteiger partial charge in [0, 0.05) is 10.9 Å². The minimum atomic E-state index is -0.0455. The highest BCUT2D eigenvalue weighted by Crippen LogP contribution is 2.33. The van der Waals surface area contributed by atoms with Crippen molar-refractivity contribution in [2.24, 2.45) is 10.9 Å². The van der Waals surface area contributed by atoms with Gasteiger partial charge >= 0.3 is 0 Å². The SMILES string of the molecule is CCC(NC1CCCc2sccc21)/C(N)=N/O. The van der Waals surface area contributed by atoms with E-state index in [1.807, 2.05) is 18.3 Å². The van der Waals surface area contributed by atoms with Gasteiger partial charge in [-0.05, 0) is 42.7 Å². The van der Waals surface area contributed by atoms with Crippen LogP contribution in [-0.4, -0.2) is 17.1 Å². The van der Waals surface area contributed by atoms with Crippen LogP contribution in [0.25, 0.3) is 0 Å². The zero-order valence-electron chi connectivity index (χ0n) is 10.0. The fraction of sp³-hybridized carbons (Fsp3) is 0.583. The monoisotopic (exact) mass is 253 g/mol. The number of amidine groups is 1. The lowest BCUT2D eigenvalue weighted by atomic mass is 9.93. The molecule has 0 fully saturated rings. The van der Waals surface area contributed by atoms with Gasteiger partial charge < -0.3 is 16.3 Å². The number of nitrogens with zero attached hydrogens (tertiary/aromatic N) is 1. The molecule has 4 N–H and O–H groups in total. The summed E-state index contributed by atoms with van der Waals surface area (Å²) in [6.45, 7) is 2.03. The topological polar surface area (TPSA) is 70.6 Å². The Kier molecular flexibility index (Phi) is 4.02. The van der Waals surface area contributed by atoms with Gasteiger partial charge in [0.05, 0.1) is 6.04 Å². The number of hydrogen-bond donors (Lipinski definition) is 3. The molecule has 0 radical (unpaired) electrons. The summed E-state index contributed by atoms with van der Waals surface area (Å²) in [5.74, 6) is 0.273. The van der Waals surface area contributed by atoms with Gasteiger partial charge in [-0.3, -0.25) is 0 Å². The molecule has 1 aromatic rings. The largest absolute Gasteiger partial charge is 0.409 e. The number of fused-ring (bicyclic) bond motifs is 1. The fourth-order valence-electron chi connectivity index (χ4n) is 2.38. The lowest BCUT2D eigenvalue weighted by molar-refractivity contribution is 0.312. The number of oxime groups is 1. The van der Waals surface area contributed by atoms with Crippen molar-refractivity contribution in [3.05, 3.63) is 21.9 Å². The van der Waals surface area contributed by atoms with E-state index in [-0.39, 0.29) is 11.9 Å². The van der Waals surface area contributed by atoms with Crippen molar-refractivity contribution in [3.63, 3.8) is 0 Å². The van der Waals surface area contributed by atoms with Crippen molar-refractivity contribution in [3.8, 4) is 0 Å². The van der Waals surface area contributed by atoms with Crippen LogP contribution in [0.15, 0.2) is 16.6 Å². The molecular formula is C12H19N3OS. The van der Waals surface area contributed by atoms with Crippen LogP contribution in [0.3, 0.4) is 0 Å². The maximum absolute atomic E-state index is 8.75. The Balaban J connectivity index is 2.10. The molecule has 0 aliphatic heterocycles. The Hall–Kier alpha value is -1.07. The minimum absolute atomic E-state index is 0.0455. The van der Waals surface area contributed by atoms with Gasteiger partial charge in [0.1, 0.15) is 0 Å². The lowest BCUT2D eigenvalue weighted by Gasteiger charge is -2.27. The van der Waals surface area contributed by atoms with Crippen molar-refractivity contribution < 1.29 is 5.21 Å². The molecule has 5 heteroatoms. The summed E-state index contributed by atoms with van der Waals surface area (Å²) in [5.41, 5.74) is 7.07. The van der Waals surface area contributed by atoms with Crippen LogP contribution in [-0.2, 0) is 6.42 Å². The van der Waals surface area contributed by atoms with Gasteiger partial charge in [0.25, 0.3) is 0 Å². The Labute approximate surface area is 106 Å². The Morgan fingerprint density at radius 2 is 2.59 bits per heavy atom. The first-order chi connectivity index (χ1) is 8.26. The first-order valence-electron chi connectivity index (χ1n) is 6.06. The summed E-state index contributed by atoms with van der Waals surface area (Å²) < 4.78 is 0. The molecule has 1 aromatic heterocycles. The molecule has 2 unspecified atom stereocenters. The number of nitrogens with two attached hydrogens (primary N) is 1. The normalized spacial score (nSPS) is 22.2. The van der Waals surface area contributed by atoms with E-state index in [0.717, 1.165) is 12.8 Å². The third-order valence-electron chi connectivity index (χ3n) is 3.34. The van der Waals surface area contributed by atoms with Crippen LogP contribution in [0.1, 0.15) is 42.7 Å². The van der Waals surface area contributed by atoms with Crippen LogP contribution < -0.4 is 11.1 Å². The second kappa shape index (κ2) is 5.51. The van der Waals surface area contributed by atoms with Gasteiger partial charge in [-0.15, -0.1) is 11.3 Å². The second-order valence-corrected chi connectivity index (χ2v) is 5.40. The molecule has 2 rings (SSSR count). The Morgan fingerprint density at radius 1 is 1.76 bits per heavy atom. The van der Waals surface area contributed by atoms with E-state index in [2.05, 4.69) is 21.9 Å². The standard InChI is InChI=1S/C12H19N3OS/c1-2-9(12(13)15-16)14-10-4-3-5-11-8(10)6-7-17-11/h6-7,9-10,14,16H,2-5H2,1H3,(H2,13,15). The van der Waals surface area contributed by atoms with Crippen molar-refractivity contribution >= 4 is 17.2 Å². The zero-order chi connectivity index (χ0) is 12.3. The van der Waals surface area contributed by atoms with E-state index < -0.39 is 0 Å². The predicted octanol–water partition coefficient (Wildman–Crippen LogP) is 2.24. The highest BCUT2D eigenvalue weighted by atomic mass is 32.1. The second-order valence-electron chi connectivity index (χ2n) is 4.40. The molecular weight excluding hydrogens is 234 g/mol. The molecule has 17 heavy (non-hydrogen) atoms. The summed E-state index contributed by atoms with van der Waals surface area (Å²) in [5, 5.41) is 17.5. The molecule has 0 aromatic carbocycles. The average molecular weight is 253 g/mol. The number of aryl methyl sites for hydroxylation is 1. The van der Waals surface area contributed by atoms with Crippen LogP contribution in [0.2, 0.25) is 0 Å². The number of thiophene rings is 1. The Bertz CT molecular complexity index is 402. The molecule has 1 aliphatic carbocycles. The summed E-state index contributed by atoms with van der Waals surface area (Å²) in [6.07, 6.45) is 4.34. The van der Waals surface area contributed by atoms with Gasteiger partial charge in [0.2, 0.25) is 0 Å². The van der Waals surface area contributed by atoms with Gasteiger partial charge in [-0.1, -0.05) is 12.1 Å².